The highest BCUT2D eigenvalue weighted by atomic mass is 16.5. The predicted octanol–water partition coefficient (Wildman–Crippen LogP) is 3.42. The van der Waals surface area contributed by atoms with Crippen molar-refractivity contribution in [2.75, 3.05) is 31.6 Å². The van der Waals surface area contributed by atoms with Crippen LogP contribution in [-0.2, 0) is 0 Å². The number of benzene rings is 1. The Morgan fingerprint density at radius 1 is 1.14 bits per heavy atom. The molecule has 0 aliphatic carbocycles. The molecule has 1 aliphatic heterocycles. The largest absolute Gasteiger partial charge is 0.490 e. The summed E-state index contributed by atoms with van der Waals surface area (Å²) in [6.45, 7) is 7.35. The zero-order chi connectivity index (χ0) is 15.6. The minimum absolute atomic E-state index is 0.696. The summed E-state index contributed by atoms with van der Waals surface area (Å²) in [5.74, 6) is 2.42. The third-order valence-corrected chi connectivity index (χ3v) is 3.39. The molecule has 0 saturated heterocycles. The van der Waals surface area contributed by atoms with E-state index in [9.17, 15) is 0 Å². The second kappa shape index (κ2) is 9.18. The maximum absolute atomic E-state index is 5.72. The number of guanidine groups is 1. The summed E-state index contributed by atoms with van der Waals surface area (Å²) in [6.07, 6.45) is 4.46. The van der Waals surface area contributed by atoms with Crippen LogP contribution in [0.2, 0.25) is 0 Å². The van der Waals surface area contributed by atoms with E-state index < -0.39 is 0 Å². The van der Waals surface area contributed by atoms with Gasteiger partial charge in [0.15, 0.2) is 17.5 Å². The van der Waals surface area contributed by atoms with Crippen LogP contribution in [-0.4, -0.2) is 32.3 Å². The van der Waals surface area contributed by atoms with Gasteiger partial charge in [-0.15, -0.1) is 0 Å². The molecular formula is C17H27N3O2. The number of unbranched alkanes of at least 4 members (excludes halogenated alkanes) is 2. The van der Waals surface area contributed by atoms with Gasteiger partial charge >= 0.3 is 0 Å². The Morgan fingerprint density at radius 2 is 1.95 bits per heavy atom. The highest BCUT2D eigenvalue weighted by molar-refractivity contribution is 5.93. The van der Waals surface area contributed by atoms with Gasteiger partial charge in [0.05, 0.1) is 13.2 Å². The highest BCUT2D eigenvalue weighted by Crippen LogP contribution is 2.32. The van der Waals surface area contributed by atoms with Crippen LogP contribution in [0.25, 0.3) is 0 Å². The fraction of sp³-hybridized carbons (Fsp3) is 0.588. The van der Waals surface area contributed by atoms with E-state index in [-0.39, 0.29) is 0 Å². The lowest BCUT2D eigenvalue weighted by molar-refractivity contribution is 0.297. The highest BCUT2D eigenvalue weighted by Gasteiger charge is 2.11. The Bertz CT molecular complexity index is 489. The van der Waals surface area contributed by atoms with Crippen LogP contribution in [0.5, 0.6) is 11.5 Å². The molecule has 0 saturated carbocycles. The molecule has 0 radical (unpaired) electrons. The molecule has 0 spiro atoms. The fourth-order valence-electron chi connectivity index (χ4n) is 2.24. The molecule has 1 aromatic rings. The van der Waals surface area contributed by atoms with Crippen molar-refractivity contribution in [2.24, 2.45) is 4.99 Å². The van der Waals surface area contributed by atoms with Crippen LogP contribution < -0.4 is 20.1 Å². The van der Waals surface area contributed by atoms with E-state index in [2.05, 4.69) is 29.5 Å². The minimum Gasteiger partial charge on any atom is -0.490 e. The molecule has 122 valence electrons. The van der Waals surface area contributed by atoms with E-state index in [1.54, 1.807) is 0 Å². The lowest BCUT2D eigenvalue weighted by Gasteiger charge is -2.13. The first-order chi connectivity index (χ1) is 10.8. The normalized spacial score (nSPS) is 14.4. The van der Waals surface area contributed by atoms with Crippen molar-refractivity contribution < 1.29 is 9.47 Å². The number of hydrogen-bond donors (Lipinski definition) is 2. The molecule has 0 atom stereocenters. The Morgan fingerprint density at radius 3 is 2.73 bits per heavy atom. The molecule has 22 heavy (non-hydrogen) atoms. The Kier molecular flexibility index (Phi) is 6.87. The van der Waals surface area contributed by atoms with Crippen LogP contribution in [0.3, 0.4) is 0 Å². The maximum atomic E-state index is 5.72. The third-order valence-electron chi connectivity index (χ3n) is 3.39. The van der Waals surface area contributed by atoms with Crippen LogP contribution in [0.1, 0.15) is 39.5 Å². The van der Waals surface area contributed by atoms with Crippen LogP contribution in [0.4, 0.5) is 5.69 Å². The number of fused-ring (bicyclic) bond motifs is 1. The van der Waals surface area contributed by atoms with Crippen molar-refractivity contribution in [3.05, 3.63) is 18.2 Å². The number of ether oxygens (including phenoxy) is 2. The molecule has 0 unspecified atom stereocenters. The summed E-state index contributed by atoms with van der Waals surface area (Å²) in [5, 5.41) is 6.60. The van der Waals surface area contributed by atoms with Crippen LogP contribution in [0.15, 0.2) is 23.2 Å². The molecule has 1 aliphatic rings. The molecule has 0 fully saturated rings. The quantitative estimate of drug-likeness (QED) is 0.480. The summed E-state index contributed by atoms with van der Waals surface area (Å²) in [6, 6.07) is 5.91. The number of anilines is 1. The Balaban J connectivity index is 2.01. The summed E-state index contributed by atoms with van der Waals surface area (Å²) < 4.78 is 11.4. The predicted molar refractivity (Wildman–Crippen MR) is 91.2 cm³/mol. The maximum Gasteiger partial charge on any atom is 0.195 e. The van der Waals surface area contributed by atoms with Crippen molar-refractivity contribution in [3.8, 4) is 11.5 Å². The summed E-state index contributed by atoms with van der Waals surface area (Å²) in [4.78, 5) is 4.60. The smallest absolute Gasteiger partial charge is 0.195 e. The molecule has 1 aromatic carbocycles. The van der Waals surface area contributed by atoms with Gasteiger partial charge < -0.3 is 20.1 Å². The number of nitrogens with zero attached hydrogens (tertiary/aromatic N) is 1. The SMILES string of the molecule is CCCCCN=C(NCC)Nc1ccc2c(c1)OCCCO2. The summed E-state index contributed by atoms with van der Waals surface area (Å²) in [5.41, 5.74) is 0.958. The van der Waals surface area contributed by atoms with E-state index in [4.69, 9.17) is 9.47 Å². The van der Waals surface area contributed by atoms with Crippen molar-refractivity contribution in [1.29, 1.82) is 0 Å². The lowest BCUT2D eigenvalue weighted by Crippen LogP contribution is -2.30. The monoisotopic (exact) mass is 305 g/mol. The van der Waals surface area contributed by atoms with E-state index in [0.717, 1.165) is 49.1 Å². The molecule has 2 rings (SSSR count). The first-order valence-corrected chi connectivity index (χ1v) is 8.28. The van der Waals surface area contributed by atoms with Crippen LogP contribution in [0, 0.1) is 0 Å². The Labute approximate surface area is 133 Å². The van der Waals surface area contributed by atoms with Crippen molar-refractivity contribution in [3.63, 3.8) is 0 Å². The van der Waals surface area contributed by atoms with E-state index in [0.29, 0.717) is 13.2 Å². The lowest BCUT2D eigenvalue weighted by atomic mass is 10.2. The zero-order valence-corrected chi connectivity index (χ0v) is 13.7. The van der Waals surface area contributed by atoms with Crippen molar-refractivity contribution >= 4 is 11.6 Å². The third kappa shape index (κ3) is 5.13. The van der Waals surface area contributed by atoms with Gasteiger partial charge in [-0.2, -0.15) is 0 Å². The average molecular weight is 305 g/mol. The molecule has 0 bridgehead atoms. The van der Waals surface area contributed by atoms with Crippen molar-refractivity contribution in [2.45, 2.75) is 39.5 Å². The number of nitrogens with one attached hydrogen (secondary N) is 2. The number of aliphatic imine (C=N–C) groups is 1. The second-order valence-corrected chi connectivity index (χ2v) is 5.30. The fourth-order valence-corrected chi connectivity index (χ4v) is 2.24. The van der Waals surface area contributed by atoms with Gasteiger partial charge in [0.25, 0.3) is 0 Å². The topological polar surface area (TPSA) is 54.9 Å². The first kappa shape index (κ1) is 16.5. The number of hydrogen-bond acceptors (Lipinski definition) is 3. The van der Waals surface area contributed by atoms with Gasteiger partial charge in [0.2, 0.25) is 0 Å². The number of rotatable bonds is 6. The Hall–Kier alpha value is -1.91. The first-order valence-electron chi connectivity index (χ1n) is 8.28. The van der Waals surface area contributed by atoms with Gasteiger partial charge in [0, 0.05) is 31.3 Å². The minimum atomic E-state index is 0.696. The summed E-state index contributed by atoms with van der Waals surface area (Å²) >= 11 is 0. The van der Waals surface area contributed by atoms with Gasteiger partial charge in [0.1, 0.15) is 0 Å². The van der Waals surface area contributed by atoms with Gasteiger partial charge in [-0.05, 0) is 25.5 Å². The van der Waals surface area contributed by atoms with E-state index in [1.807, 2.05) is 18.2 Å². The van der Waals surface area contributed by atoms with Crippen molar-refractivity contribution in [1.82, 2.24) is 5.32 Å². The van der Waals surface area contributed by atoms with Gasteiger partial charge in [-0.25, -0.2) is 0 Å². The molecule has 1 heterocycles. The van der Waals surface area contributed by atoms with Crippen LogP contribution >= 0.6 is 0 Å². The van der Waals surface area contributed by atoms with Gasteiger partial charge in [-0.1, -0.05) is 19.8 Å². The molecule has 0 aromatic heterocycles. The standard InChI is InChI=1S/C17H27N3O2/c1-3-5-6-10-19-17(18-4-2)20-14-8-9-15-16(13-14)22-12-7-11-21-15/h8-9,13H,3-7,10-12H2,1-2H3,(H2,18,19,20). The molecular weight excluding hydrogens is 278 g/mol. The van der Waals surface area contributed by atoms with E-state index in [1.165, 1.54) is 12.8 Å². The molecule has 0 amide bonds. The molecule has 2 N–H and O–H groups in total. The average Bonchev–Trinajstić information content (AvgIpc) is 2.76. The molecule has 5 heteroatoms. The molecule has 5 nitrogen and oxygen atoms in total. The van der Waals surface area contributed by atoms with Gasteiger partial charge in [-0.3, -0.25) is 4.99 Å². The summed E-state index contributed by atoms with van der Waals surface area (Å²) in [7, 11) is 0. The zero-order valence-electron chi connectivity index (χ0n) is 13.7. The second-order valence-electron chi connectivity index (χ2n) is 5.30. The van der Waals surface area contributed by atoms with E-state index >= 15 is 0 Å².